The summed E-state index contributed by atoms with van der Waals surface area (Å²) in [5.74, 6) is 3.16. The number of nitrogens with zero attached hydrogens (tertiary/aromatic N) is 2. The lowest BCUT2D eigenvalue weighted by Crippen LogP contribution is -2.37. The summed E-state index contributed by atoms with van der Waals surface area (Å²) in [5, 5.41) is 7.07. The summed E-state index contributed by atoms with van der Waals surface area (Å²) in [6, 6.07) is 0. The molecule has 1 aromatic heterocycles. The first-order valence-electron chi connectivity index (χ1n) is 8.33. The fraction of sp³-hybridized carbons (Fsp3) is 0.765. The van der Waals surface area contributed by atoms with Gasteiger partial charge in [0.1, 0.15) is 17.5 Å². The Morgan fingerprint density at radius 2 is 1.48 bits per heavy atom. The summed E-state index contributed by atoms with van der Waals surface area (Å²) in [7, 11) is 0. The SMILES string of the molecule is CCNc1nc(C(C)C)nc(NC(CC)(CC)CC)c1C. The highest BCUT2D eigenvalue weighted by molar-refractivity contribution is 5.58. The van der Waals surface area contributed by atoms with Crippen LogP contribution in [-0.2, 0) is 0 Å². The molecule has 1 aromatic rings. The molecule has 1 heterocycles. The van der Waals surface area contributed by atoms with Crippen LogP contribution in [0.25, 0.3) is 0 Å². The molecule has 0 radical (unpaired) electrons. The second kappa shape index (κ2) is 7.62. The standard InChI is InChI=1S/C17H32N4/c1-8-17(9-2,10-3)21-16-13(7)15(18-11-4)19-14(20-16)12(5)6/h12H,8-11H2,1-7H3,(H2,18,19,20,21). The van der Waals surface area contributed by atoms with Gasteiger partial charge in [0.2, 0.25) is 0 Å². The van der Waals surface area contributed by atoms with E-state index in [-0.39, 0.29) is 5.54 Å². The first-order chi connectivity index (χ1) is 9.92. The van der Waals surface area contributed by atoms with Crippen LogP contribution >= 0.6 is 0 Å². The quantitative estimate of drug-likeness (QED) is 0.728. The molecule has 4 heteroatoms. The van der Waals surface area contributed by atoms with E-state index in [1.807, 2.05) is 0 Å². The molecule has 4 nitrogen and oxygen atoms in total. The van der Waals surface area contributed by atoms with Crippen molar-refractivity contribution in [3.8, 4) is 0 Å². The van der Waals surface area contributed by atoms with Gasteiger partial charge in [-0.25, -0.2) is 9.97 Å². The van der Waals surface area contributed by atoms with Crippen molar-refractivity contribution >= 4 is 11.6 Å². The van der Waals surface area contributed by atoms with E-state index < -0.39 is 0 Å². The van der Waals surface area contributed by atoms with Gasteiger partial charge in [0.25, 0.3) is 0 Å². The maximum Gasteiger partial charge on any atom is 0.135 e. The summed E-state index contributed by atoms with van der Waals surface area (Å²) < 4.78 is 0. The van der Waals surface area contributed by atoms with Crippen LogP contribution in [0.5, 0.6) is 0 Å². The molecule has 0 spiro atoms. The van der Waals surface area contributed by atoms with E-state index in [0.29, 0.717) is 5.92 Å². The first kappa shape index (κ1) is 17.7. The van der Waals surface area contributed by atoms with Gasteiger partial charge in [-0.1, -0.05) is 34.6 Å². The van der Waals surface area contributed by atoms with Gasteiger partial charge in [0.15, 0.2) is 0 Å². The zero-order valence-corrected chi connectivity index (χ0v) is 14.8. The Bertz CT molecular complexity index is 442. The third-order valence-electron chi connectivity index (χ3n) is 4.44. The Labute approximate surface area is 130 Å². The van der Waals surface area contributed by atoms with Crippen LogP contribution < -0.4 is 10.6 Å². The predicted molar refractivity (Wildman–Crippen MR) is 92.2 cm³/mol. The molecule has 0 aliphatic heterocycles. The van der Waals surface area contributed by atoms with Crippen molar-refractivity contribution < 1.29 is 0 Å². The molecule has 0 aliphatic rings. The minimum absolute atomic E-state index is 0.122. The maximum absolute atomic E-state index is 4.78. The van der Waals surface area contributed by atoms with Crippen molar-refractivity contribution in [2.24, 2.45) is 0 Å². The van der Waals surface area contributed by atoms with Crippen molar-refractivity contribution in [2.45, 2.75) is 79.2 Å². The molecule has 0 saturated heterocycles. The summed E-state index contributed by atoms with van der Waals surface area (Å²) in [6.07, 6.45) is 3.28. The van der Waals surface area contributed by atoms with Crippen molar-refractivity contribution in [3.63, 3.8) is 0 Å². The Kier molecular flexibility index (Phi) is 6.43. The molecule has 120 valence electrons. The van der Waals surface area contributed by atoms with Gasteiger partial charge < -0.3 is 10.6 Å². The summed E-state index contributed by atoms with van der Waals surface area (Å²) in [6.45, 7) is 16.1. The fourth-order valence-electron chi connectivity index (χ4n) is 2.52. The van der Waals surface area contributed by atoms with Gasteiger partial charge >= 0.3 is 0 Å². The lowest BCUT2D eigenvalue weighted by molar-refractivity contribution is 0.418. The second-order valence-electron chi connectivity index (χ2n) is 6.06. The van der Waals surface area contributed by atoms with Gasteiger partial charge in [-0.15, -0.1) is 0 Å². The average Bonchev–Trinajstić information content (AvgIpc) is 2.48. The average molecular weight is 292 g/mol. The van der Waals surface area contributed by atoms with E-state index in [4.69, 9.17) is 4.98 Å². The lowest BCUT2D eigenvalue weighted by Gasteiger charge is -2.33. The number of rotatable bonds is 8. The minimum atomic E-state index is 0.122. The first-order valence-corrected chi connectivity index (χ1v) is 8.33. The third-order valence-corrected chi connectivity index (χ3v) is 4.44. The number of hydrogen-bond acceptors (Lipinski definition) is 4. The Morgan fingerprint density at radius 1 is 0.952 bits per heavy atom. The molecule has 2 N–H and O–H groups in total. The van der Waals surface area contributed by atoms with Crippen LogP contribution in [0.15, 0.2) is 0 Å². The molecule has 0 aromatic carbocycles. The molecular formula is C17H32N4. The molecule has 0 saturated carbocycles. The van der Waals surface area contributed by atoms with E-state index in [9.17, 15) is 0 Å². The predicted octanol–water partition coefficient (Wildman–Crippen LogP) is 4.72. The molecule has 0 atom stereocenters. The van der Waals surface area contributed by atoms with Crippen LogP contribution in [-0.4, -0.2) is 22.1 Å². The molecule has 0 amide bonds. The highest BCUT2D eigenvalue weighted by Crippen LogP contribution is 2.29. The zero-order valence-electron chi connectivity index (χ0n) is 14.8. The monoisotopic (exact) mass is 292 g/mol. The van der Waals surface area contributed by atoms with Crippen LogP contribution in [0.3, 0.4) is 0 Å². The third kappa shape index (κ3) is 4.08. The molecule has 0 aliphatic carbocycles. The topological polar surface area (TPSA) is 49.8 Å². The lowest BCUT2D eigenvalue weighted by atomic mass is 9.89. The van der Waals surface area contributed by atoms with E-state index in [0.717, 1.165) is 48.8 Å². The number of aromatic nitrogens is 2. The molecule has 21 heavy (non-hydrogen) atoms. The molecular weight excluding hydrogens is 260 g/mol. The van der Waals surface area contributed by atoms with E-state index >= 15 is 0 Å². The highest BCUT2D eigenvalue weighted by atomic mass is 15.1. The molecule has 1 rings (SSSR count). The van der Waals surface area contributed by atoms with Gasteiger partial charge in [0.05, 0.1) is 0 Å². The van der Waals surface area contributed by atoms with Gasteiger partial charge in [-0.05, 0) is 33.1 Å². The van der Waals surface area contributed by atoms with Crippen LogP contribution in [0.2, 0.25) is 0 Å². The zero-order chi connectivity index (χ0) is 16.0. The van der Waals surface area contributed by atoms with E-state index in [1.165, 1.54) is 0 Å². The van der Waals surface area contributed by atoms with E-state index in [2.05, 4.69) is 64.1 Å². The molecule has 0 unspecified atom stereocenters. The Balaban J connectivity index is 3.26. The van der Waals surface area contributed by atoms with Crippen molar-refractivity contribution in [1.29, 1.82) is 0 Å². The molecule has 0 bridgehead atoms. The van der Waals surface area contributed by atoms with Gasteiger partial charge in [-0.3, -0.25) is 0 Å². The van der Waals surface area contributed by atoms with Crippen LogP contribution in [0, 0.1) is 6.92 Å². The summed E-state index contributed by atoms with van der Waals surface area (Å²) in [4.78, 5) is 9.45. The van der Waals surface area contributed by atoms with Gasteiger partial charge in [-0.2, -0.15) is 0 Å². The Morgan fingerprint density at radius 3 is 1.90 bits per heavy atom. The van der Waals surface area contributed by atoms with E-state index in [1.54, 1.807) is 0 Å². The highest BCUT2D eigenvalue weighted by Gasteiger charge is 2.25. The fourth-order valence-corrected chi connectivity index (χ4v) is 2.52. The van der Waals surface area contributed by atoms with Crippen LogP contribution in [0.1, 0.15) is 78.1 Å². The number of anilines is 2. The van der Waals surface area contributed by atoms with Gasteiger partial charge in [0, 0.05) is 23.6 Å². The number of hydrogen-bond donors (Lipinski definition) is 2. The second-order valence-corrected chi connectivity index (χ2v) is 6.06. The van der Waals surface area contributed by atoms with Crippen LogP contribution in [0.4, 0.5) is 11.6 Å². The normalized spacial score (nSPS) is 11.8. The largest absolute Gasteiger partial charge is 0.370 e. The summed E-state index contributed by atoms with van der Waals surface area (Å²) in [5.41, 5.74) is 1.23. The maximum atomic E-state index is 4.78. The van der Waals surface area contributed by atoms with Crippen molar-refractivity contribution in [1.82, 2.24) is 9.97 Å². The Hall–Kier alpha value is -1.32. The molecule has 0 fully saturated rings. The summed E-state index contributed by atoms with van der Waals surface area (Å²) >= 11 is 0. The smallest absolute Gasteiger partial charge is 0.135 e. The minimum Gasteiger partial charge on any atom is -0.370 e. The van der Waals surface area contributed by atoms with Crippen molar-refractivity contribution in [3.05, 3.63) is 11.4 Å². The number of nitrogens with one attached hydrogen (secondary N) is 2. The van der Waals surface area contributed by atoms with Crippen molar-refractivity contribution in [2.75, 3.05) is 17.2 Å².